The Bertz CT molecular complexity index is 619. The largest absolute Gasteiger partial charge is 0.396 e. The molecule has 6 heteroatoms. The second-order valence-corrected chi connectivity index (χ2v) is 5.42. The maximum absolute atomic E-state index is 6.03. The minimum atomic E-state index is 0.313. The number of hydrogen-bond donors (Lipinski definition) is 2. The summed E-state index contributed by atoms with van der Waals surface area (Å²) in [4.78, 5) is 11.0. The number of nitrogens with two attached hydrogens (primary N) is 1. The Hall–Kier alpha value is -2.34. The molecule has 1 atom stereocenters. The van der Waals surface area contributed by atoms with Crippen LogP contribution in [0.5, 0.6) is 0 Å². The van der Waals surface area contributed by atoms with Gasteiger partial charge in [-0.3, -0.25) is 4.98 Å². The van der Waals surface area contributed by atoms with Crippen molar-refractivity contribution >= 4 is 17.2 Å². The fraction of sp³-hybridized carbons (Fsp3) is 0.375. The highest BCUT2D eigenvalue weighted by Crippen LogP contribution is 2.25. The van der Waals surface area contributed by atoms with Gasteiger partial charge in [-0.05, 0) is 19.1 Å². The number of pyridine rings is 2. The zero-order valence-corrected chi connectivity index (χ0v) is 12.7. The second kappa shape index (κ2) is 6.62. The van der Waals surface area contributed by atoms with Gasteiger partial charge in [0.15, 0.2) is 0 Å². The van der Waals surface area contributed by atoms with Gasteiger partial charge in [0.2, 0.25) is 0 Å². The number of aromatic nitrogens is 2. The van der Waals surface area contributed by atoms with Crippen LogP contribution >= 0.6 is 0 Å². The van der Waals surface area contributed by atoms with Gasteiger partial charge in [0.05, 0.1) is 49.1 Å². The third-order valence-corrected chi connectivity index (χ3v) is 3.77. The van der Waals surface area contributed by atoms with Crippen LogP contribution in [0, 0.1) is 0 Å². The molecule has 22 heavy (non-hydrogen) atoms. The summed E-state index contributed by atoms with van der Waals surface area (Å²) >= 11 is 0. The Labute approximate surface area is 130 Å². The maximum atomic E-state index is 6.03. The molecule has 0 unspecified atom stereocenters. The summed E-state index contributed by atoms with van der Waals surface area (Å²) in [6.07, 6.45) is 3.49. The number of nitrogen functional groups attached to an aromatic ring is 1. The zero-order chi connectivity index (χ0) is 15.4. The number of ether oxygens (including phenoxy) is 1. The van der Waals surface area contributed by atoms with Gasteiger partial charge in [-0.1, -0.05) is 6.07 Å². The van der Waals surface area contributed by atoms with Gasteiger partial charge in [-0.25, -0.2) is 4.98 Å². The molecule has 3 N–H and O–H groups in total. The van der Waals surface area contributed by atoms with Gasteiger partial charge in [-0.15, -0.1) is 0 Å². The highest BCUT2D eigenvalue weighted by atomic mass is 16.5. The van der Waals surface area contributed by atoms with E-state index >= 15 is 0 Å². The molecule has 1 fully saturated rings. The van der Waals surface area contributed by atoms with E-state index in [0.29, 0.717) is 18.3 Å². The molecule has 116 valence electrons. The van der Waals surface area contributed by atoms with E-state index in [1.165, 1.54) is 0 Å². The standard InChI is InChI=1S/C16H21N5O/c1-12-11-22-7-6-21(12)16-8-15(14(17)10-20-16)19-9-13-4-2-3-5-18-13/h2-5,8,10,12H,6-7,9,11,17H2,1H3,(H,19,20)/t12-/m1/s1. The van der Waals surface area contributed by atoms with Crippen molar-refractivity contribution in [2.45, 2.75) is 19.5 Å². The van der Waals surface area contributed by atoms with Gasteiger partial charge in [0.25, 0.3) is 0 Å². The molecule has 0 spiro atoms. The Balaban J connectivity index is 1.75. The van der Waals surface area contributed by atoms with Gasteiger partial charge >= 0.3 is 0 Å². The van der Waals surface area contributed by atoms with Crippen LogP contribution in [0.3, 0.4) is 0 Å². The first-order valence-electron chi connectivity index (χ1n) is 7.48. The first-order valence-corrected chi connectivity index (χ1v) is 7.48. The van der Waals surface area contributed by atoms with Crippen LogP contribution in [0.2, 0.25) is 0 Å². The van der Waals surface area contributed by atoms with Crippen LogP contribution in [0.1, 0.15) is 12.6 Å². The molecule has 3 rings (SSSR count). The molecule has 3 heterocycles. The highest BCUT2D eigenvalue weighted by molar-refractivity contribution is 5.69. The van der Waals surface area contributed by atoms with Crippen molar-refractivity contribution in [3.8, 4) is 0 Å². The molecule has 1 saturated heterocycles. The quantitative estimate of drug-likeness (QED) is 0.898. The van der Waals surface area contributed by atoms with Crippen molar-refractivity contribution in [3.05, 3.63) is 42.4 Å². The predicted octanol–water partition coefficient (Wildman–Crippen LogP) is 1.90. The summed E-state index contributed by atoms with van der Waals surface area (Å²) < 4.78 is 5.47. The Morgan fingerprint density at radius 2 is 2.32 bits per heavy atom. The lowest BCUT2D eigenvalue weighted by Crippen LogP contribution is -2.44. The molecule has 0 bridgehead atoms. The summed E-state index contributed by atoms with van der Waals surface area (Å²) in [6, 6.07) is 8.17. The Kier molecular flexibility index (Phi) is 4.39. The topological polar surface area (TPSA) is 76.3 Å². The molecule has 0 aliphatic carbocycles. The fourth-order valence-corrected chi connectivity index (χ4v) is 2.52. The molecule has 0 radical (unpaired) electrons. The van der Waals surface area contributed by atoms with Crippen molar-refractivity contribution in [1.82, 2.24) is 9.97 Å². The van der Waals surface area contributed by atoms with E-state index in [1.54, 1.807) is 12.4 Å². The smallest absolute Gasteiger partial charge is 0.131 e. The summed E-state index contributed by atoms with van der Waals surface area (Å²) in [5.74, 6) is 0.925. The lowest BCUT2D eigenvalue weighted by molar-refractivity contribution is 0.0985. The molecule has 0 saturated carbocycles. The average molecular weight is 299 g/mol. The van der Waals surface area contributed by atoms with Crippen molar-refractivity contribution < 1.29 is 4.74 Å². The minimum absolute atomic E-state index is 0.313. The number of morpholine rings is 1. The third-order valence-electron chi connectivity index (χ3n) is 3.77. The number of rotatable bonds is 4. The van der Waals surface area contributed by atoms with E-state index in [2.05, 4.69) is 27.1 Å². The SMILES string of the molecule is C[C@@H]1COCCN1c1cc(NCc2ccccn2)c(N)cn1. The van der Waals surface area contributed by atoms with Crippen LogP contribution < -0.4 is 16.0 Å². The lowest BCUT2D eigenvalue weighted by atomic mass is 10.2. The first kappa shape index (κ1) is 14.6. The van der Waals surface area contributed by atoms with E-state index in [9.17, 15) is 0 Å². The Morgan fingerprint density at radius 3 is 3.09 bits per heavy atom. The van der Waals surface area contributed by atoms with Gasteiger partial charge in [-0.2, -0.15) is 0 Å². The van der Waals surface area contributed by atoms with E-state index in [0.717, 1.165) is 37.0 Å². The van der Waals surface area contributed by atoms with Gasteiger partial charge in [0.1, 0.15) is 5.82 Å². The van der Waals surface area contributed by atoms with E-state index in [-0.39, 0.29) is 0 Å². The molecule has 2 aromatic heterocycles. The Morgan fingerprint density at radius 1 is 1.41 bits per heavy atom. The van der Waals surface area contributed by atoms with E-state index in [4.69, 9.17) is 10.5 Å². The monoisotopic (exact) mass is 299 g/mol. The molecule has 2 aromatic rings. The lowest BCUT2D eigenvalue weighted by Gasteiger charge is -2.34. The van der Waals surface area contributed by atoms with Crippen molar-refractivity contribution in [1.29, 1.82) is 0 Å². The van der Waals surface area contributed by atoms with Crippen molar-refractivity contribution in [2.24, 2.45) is 0 Å². The molecule has 1 aliphatic heterocycles. The molecular formula is C16H21N5O. The number of nitrogens with one attached hydrogen (secondary N) is 1. The van der Waals surface area contributed by atoms with Crippen molar-refractivity contribution in [3.63, 3.8) is 0 Å². The molecule has 0 aromatic carbocycles. The summed E-state index contributed by atoms with van der Waals surface area (Å²) in [6.45, 7) is 5.07. The van der Waals surface area contributed by atoms with E-state index < -0.39 is 0 Å². The third kappa shape index (κ3) is 3.28. The predicted molar refractivity (Wildman–Crippen MR) is 87.8 cm³/mol. The van der Waals surface area contributed by atoms with Crippen LogP contribution in [-0.2, 0) is 11.3 Å². The van der Waals surface area contributed by atoms with E-state index in [1.807, 2.05) is 24.3 Å². The average Bonchev–Trinajstić information content (AvgIpc) is 2.56. The van der Waals surface area contributed by atoms with Crippen LogP contribution in [0.15, 0.2) is 36.7 Å². The minimum Gasteiger partial charge on any atom is -0.396 e. The number of anilines is 3. The number of nitrogens with zero attached hydrogens (tertiary/aromatic N) is 3. The summed E-state index contributed by atoms with van der Waals surface area (Å²) in [5, 5.41) is 3.34. The maximum Gasteiger partial charge on any atom is 0.131 e. The first-order chi connectivity index (χ1) is 10.7. The summed E-state index contributed by atoms with van der Waals surface area (Å²) in [7, 11) is 0. The van der Waals surface area contributed by atoms with Crippen LogP contribution in [-0.4, -0.2) is 35.8 Å². The molecule has 0 amide bonds. The van der Waals surface area contributed by atoms with Gasteiger partial charge < -0.3 is 20.7 Å². The molecule has 1 aliphatic rings. The van der Waals surface area contributed by atoms with Crippen LogP contribution in [0.25, 0.3) is 0 Å². The van der Waals surface area contributed by atoms with Crippen molar-refractivity contribution in [2.75, 3.05) is 35.7 Å². The normalized spacial score (nSPS) is 18.2. The molecular weight excluding hydrogens is 278 g/mol. The number of hydrogen-bond acceptors (Lipinski definition) is 6. The zero-order valence-electron chi connectivity index (χ0n) is 12.7. The van der Waals surface area contributed by atoms with Crippen LogP contribution in [0.4, 0.5) is 17.2 Å². The van der Waals surface area contributed by atoms with Gasteiger partial charge in [0, 0.05) is 18.8 Å². The summed E-state index contributed by atoms with van der Waals surface area (Å²) in [5.41, 5.74) is 8.52. The highest BCUT2D eigenvalue weighted by Gasteiger charge is 2.20. The fourth-order valence-electron chi connectivity index (χ4n) is 2.52. The second-order valence-electron chi connectivity index (χ2n) is 5.42. The molecule has 6 nitrogen and oxygen atoms in total.